The Morgan fingerprint density at radius 2 is 2.06 bits per heavy atom. The summed E-state index contributed by atoms with van der Waals surface area (Å²) >= 11 is 1.51. The number of rotatable bonds is 5. The molecule has 0 amide bonds. The van der Waals surface area contributed by atoms with E-state index in [0.717, 1.165) is 21.9 Å². The molecule has 0 bridgehead atoms. The topological polar surface area (TPSA) is 38.7 Å². The van der Waals surface area contributed by atoms with Gasteiger partial charge in [-0.1, -0.05) is 12.1 Å². The fourth-order valence-corrected chi connectivity index (χ4v) is 2.68. The predicted molar refractivity (Wildman–Crippen MR) is 72.5 cm³/mol. The molecule has 2 aromatic rings. The van der Waals surface area contributed by atoms with Gasteiger partial charge in [0.25, 0.3) is 0 Å². The highest BCUT2D eigenvalue weighted by atomic mass is 32.1. The van der Waals surface area contributed by atoms with Gasteiger partial charge in [-0.2, -0.15) is 0 Å². The minimum absolute atomic E-state index is 0.549. The summed E-state index contributed by atoms with van der Waals surface area (Å²) in [5.74, 6) is 1.55. The van der Waals surface area contributed by atoms with Crippen LogP contribution >= 0.6 is 11.3 Å². The normalized spacial score (nSPS) is 12.2. The molecular weight excluding hydrogens is 248 g/mol. The zero-order valence-electron chi connectivity index (χ0n) is 10.4. The first-order valence-electron chi connectivity index (χ1n) is 5.67. The Hall–Kier alpha value is -1.52. The van der Waals surface area contributed by atoms with Gasteiger partial charge < -0.3 is 14.6 Å². The van der Waals surface area contributed by atoms with Crippen LogP contribution in [0.3, 0.4) is 0 Å². The third-order valence-electron chi connectivity index (χ3n) is 2.74. The van der Waals surface area contributed by atoms with Crippen LogP contribution in [-0.2, 0) is 6.42 Å². The minimum Gasteiger partial charge on any atom is -0.497 e. The lowest BCUT2D eigenvalue weighted by atomic mass is 10.1. The Bertz CT molecular complexity index is 507. The van der Waals surface area contributed by atoms with Crippen molar-refractivity contribution in [2.75, 3.05) is 14.2 Å². The molecule has 1 aromatic carbocycles. The fraction of sp³-hybridized carbons (Fsp3) is 0.286. The van der Waals surface area contributed by atoms with Crippen LogP contribution in [0.1, 0.15) is 16.5 Å². The number of hydrogen-bond donors (Lipinski definition) is 1. The second-order valence-corrected chi connectivity index (χ2v) is 4.87. The number of aliphatic hydroxyl groups excluding tert-OH is 1. The van der Waals surface area contributed by atoms with E-state index in [-0.39, 0.29) is 0 Å². The summed E-state index contributed by atoms with van der Waals surface area (Å²) in [5.41, 5.74) is 1.04. The lowest BCUT2D eigenvalue weighted by Gasteiger charge is -2.11. The van der Waals surface area contributed by atoms with E-state index in [1.165, 1.54) is 11.3 Å². The van der Waals surface area contributed by atoms with Gasteiger partial charge in [0.2, 0.25) is 0 Å². The zero-order chi connectivity index (χ0) is 13.0. The van der Waals surface area contributed by atoms with Crippen molar-refractivity contribution >= 4 is 11.3 Å². The third-order valence-corrected chi connectivity index (χ3v) is 3.74. The maximum absolute atomic E-state index is 10.2. The van der Waals surface area contributed by atoms with Gasteiger partial charge in [-0.25, -0.2) is 0 Å². The van der Waals surface area contributed by atoms with E-state index in [2.05, 4.69) is 0 Å². The molecule has 0 aliphatic carbocycles. The highest BCUT2D eigenvalue weighted by Crippen LogP contribution is 2.32. The monoisotopic (exact) mass is 264 g/mol. The predicted octanol–water partition coefficient (Wildman–Crippen LogP) is 3.04. The third kappa shape index (κ3) is 2.83. The van der Waals surface area contributed by atoms with Crippen molar-refractivity contribution in [1.29, 1.82) is 0 Å². The molecule has 1 aromatic heterocycles. The Kier molecular flexibility index (Phi) is 4.23. The van der Waals surface area contributed by atoms with E-state index in [0.29, 0.717) is 6.42 Å². The molecule has 0 aliphatic rings. The average molecular weight is 264 g/mol. The molecule has 2 rings (SSSR count). The summed E-state index contributed by atoms with van der Waals surface area (Å²) in [4.78, 5) is 0.861. The van der Waals surface area contributed by atoms with Crippen LogP contribution in [0.15, 0.2) is 35.7 Å². The SMILES string of the molecule is COc1cccc(CC(O)c2sccc2OC)c1. The van der Waals surface area contributed by atoms with Crippen molar-refractivity contribution in [3.63, 3.8) is 0 Å². The molecule has 1 atom stereocenters. The Labute approximate surface area is 111 Å². The molecule has 0 radical (unpaired) electrons. The minimum atomic E-state index is -0.549. The molecule has 1 N–H and O–H groups in total. The second-order valence-electron chi connectivity index (χ2n) is 3.92. The average Bonchev–Trinajstić information content (AvgIpc) is 2.87. The number of thiophene rings is 1. The second kappa shape index (κ2) is 5.89. The first-order chi connectivity index (χ1) is 8.74. The Balaban J connectivity index is 2.13. The van der Waals surface area contributed by atoms with E-state index in [4.69, 9.17) is 9.47 Å². The van der Waals surface area contributed by atoms with Crippen molar-refractivity contribution in [3.05, 3.63) is 46.2 Å². The van der Waals surface area contributed by atoms with Gasteiger partial charge in [0.05, 0.1) is 25.2 Å². The highest BCUT2D eigenvalue weighted by Gasteiger charge is 2.15. The number of benzene rings is 1. The van der Waals surface area contributed by atoms with E-state index in [1.54, 1.807) is 14.2 Å². The van der Waals surface area contributed by atoms with E-state index >= 15 is 0 Å². The van der Waals surface area contributed by atoms with Crippen LogP contribution in [0.5, 0.6) is 11.5 Å². The Morgan fingerprint density at radius 3 is 2.78 bits per heavy atom. The number of ether oxygens (including phenoxy) is 2. The van der Waals surface area contributed by atoms with Crippen LogP contribution in [0.4, 0.5) is 0 Å². The van der Waals surface area contributed by atoms with Gasteiger partial charge in [0.1, 0.15) is 11.5 Å². The molecule has 0 saturated heterocycles. The summed E-state index contributed by atoms with van der Waals surface area (Å²) in [6.45, 7) is 0. The summed E-state index contributed by atoms with van der Waals surface area (Å²) in [6.07, 6.45) is 0.000654. The summed E-state index contributed by atoms with van der Waals surface area (Å²) < 4.78 is 10.4. The smallest absolute Gasteiger partial charge is 0.135 e. The van der Waals surface area contributed by atoms with Crippen LogP contribution in [0.25, 0.3) is 0 Å². The van der Waals surface area contributed by atoms with E-state index in [9.17, 15) is 5.11 Å². The Morgan fingerprint density at radius 1 is 1.22 bits per heavy atom. The molecule has 4 heteroatoms. The molecule has 0 spiro atoms. The van der Waals surface area contributed by atoms with Crippen molar-refractivity contribution in [1.82, 2.24) is 0 Å². The number of methoxy groups -OCH3 is 2. The molecule has 1 unspecified atom stereocenters. The van der Waals surface area contributed by atoms with E-state index in [1.807, 2.05) is 35.7 Å². The first kappa shape index (κ1) is 12.9. The van der Waals surface area contributed by atoms with Gasteiger partial charge >= 0.3 is 0 Å². The number of hydrogen-bond acceptors (Lipinski definition) is 4. The largest absolute Gasteiger partial charge is 0.497 e. The molecule has 18 heavy (non-hydrogen) atoms. The lowest BCUT2D eigenvalue weighted by molar-refractivity contribution is 0.178. The summed E-state index contributed by atoms with van der Waals surface area (Å²) in [6, 6.07) is 9.60. The molecule has 0 aliphatic heterocycles. The van der Waals surface area contributed by atoms with Crippen molar-refractivity contribution in [3.8, 4) is 11.5 Å². The van der Waals surface area contributed by atoms with Gasteiger partial charge in [-0.05, 0) is 29.1 Å². The van der Waals surface area contributed by atoms with Crippen LogP contribution < -0.4 is 9.47 Å². The van der Waals surface area contributed by atoms with Crippen molar-refractivity contribution < 1.29 is 14.6 Å². The molecule has 0 saturated carbocycles. The van der Waals surface area contributed by atoms with Crippen molar-refractivity contribution in [2.45, 2.75) is 12.5 Å². The standard InChI is InChI=1S/C14H16O3S/c1-16-11-5-3-4-10(8-11)9-12(15)14-13(17-2)6-7-18-14/h3-8,12,15H,9H2,1-2H3. The summed E-state index contributed by atoms with van der Waals surface area (Å²) in [5, 5.41) is 12.1. The lowest BCUT2D eigenvalue weighted by Crippen LogP contribution is -2.01. The molecule has 3 nitrogen and oxygen atoms in total. The van der Waals surface area contributed by atoms with Gasteiger partial charge in [0.15, 0.2) is 0 Å². The van der Waals surface area contributed by atoms with Gasteiger partial charge in [-0.15, -0.1) is 11.3 Å². The first-order valence-corrected chi connectivity index (χ1v) is 6.55. The van der Waals surface area contributed by atoms with Crippen LogP contribution in [-0.4, -0.2) is 19.3 Å². The molecule has 0 fully saturated rings. The maximum Gasteiger partial charge on any atom is 0.135 e. The van der Waals surface area contributed by atoms with Crippen molar-refractivity contribution in [2.24, 2.45) is 0 Å². The molecule has 1 heterocycles. The zero-order valence-corrected chi connectivity index (χ0v) is 11.2. The quantitative estimate of drug-likeness (QED) is 0.902. The number of aliphatic hydroxyl groups is 1. The fourth-order valence-electron chi connectivity index (χ4n) is 1.84. The van der Waals surface area contributed by atoms with Gasteiger partial charge in [0, 0.05) is 6.42 Å². The molecular formula is C14H16O3S. The highest BCUT2D eigenvalue weighted by molar-refractivity contribution is 7.10. The van der Waals surface area contributed by atoms with Crippen LogP contribution in [0.2, 0.25) is 0 Å². The van der Waals surface area contributed by atoms with Gasteiger partial charge in [-0.3, -0.25) is 0 Å². The van der Waals surface area contributed by atoms with Crippen LogP contribution in [0, 0.1) is 0 Å². The summed E-state index contributed by atoms with van der Waals surface area (Å²) in [7, 11) is 3.25. The van der Waals surface area contributed by atoms with E-state index < -0.39 is 6.10 Å². The maximum atomic E-state index is 10.2. The molecule has 96 valence electrons.